The lowest BCUT2D eigenvalue weighted by atomic mass is 9.97. The molecule has 0 aromatic carbocycles. The molecule has 1 unspecified atom stereocenters. The molecule has 0 radical (unpaired) electrons. The fraction of sp³-hybridized carbons (Fsp3) is 0.818. The molecule has 0 spiro atoms. The number of aliphatic carboxylic acids is 1. The molecule has 0 bridgehead atoms. The summed E-state index contributed by atoms with van der Waals surface area (Å²) in [5.41, 5.74) is -0.685. The Balaban J connectivity index is 2.59. The van der Waals surface area contributed by atoms with Gasteiger partial charge in [-0.2, -0.15) is 0 Å². The van der Waals surface area contributed by atoms with Crippen molar-refractivity contribution in [2.75, 3.05) is 5.75 Å². The lowest BCUT2D eigenvalue weighted by Crippen LogP contribution is -2.51. The number of carboxylic acid groups (broad SMARTS) is 1. The highest BCUT2D eigenvalue weighted by molar-refractivity contribution is 8.01. The summed E-state index contributed by atoms with van der Waals surface area (Å²) in [5.74, 6) is 0.0688. The second kappa shape index (κ2) is 4.65. The summed E-state index contributed by atoms with van der Waals surface area (Å²) in [6.07, 6.45) is 1.86. The highest BCUT2D eigenvalue weighted by Gasteiger charge is 2.39. The number of thioether (sulfide) groups is 1. The number of hydrogen-bond acceptors (Lipinski definition) is 3. The zero-order chi connectivity index (χ0) is 12.4. The third-order valence-electron chi connectivity index (χ3n) is 2.74. The second-order valence-electron chi connectivity index (χ2n) is 5.09. The molecule has 92 valence electrons. The SMILES string of the molecule is CC(C)(CC(=O)O)NC(=O)C1(C)CCCS1. The third-order valence-corrected chi connectivity index (χ3v) is 4.26. The first-order chi connectivity index (χ1) is 7.25. The summed E-state index contributed by atoms with van der Waals surface area (Å²) < 4.78 is -0.379. The summed E-state index contributed by atoms with van der Waals surface area (Å²) in [4.78, 5) is 22.7. The summed E-state index contributed by atoms with van der Waals surface area (Å²) >= 11 is 1.65. The molecular weight excluding hydrogens is 226 g/mol. The van der Waals surface area contributed by atoms with Crippen molar-refractivity contribution < 1.29 is 14.7 Å². The maximum atomic E-state index is 12.0. The summed E-state index contributed by atoms with van der Waals surface area (Å²) in [6.45, 7) is 5.40. The number of hydrogen-bond donors (Lipinski definition) is 2. The predicted molar refractivity (Wildman–Crippen MR) is 64.6 cm³/mol. The van der Waals surface area contributed by atoms with Crippen LogP contribution in [0.25, 0.3) is 0 Å². The molecule has 1 aliphatic rings. The summed E-state index contributed by atoms with van der Waals surface area (Å²) in [6, 6.07) is 0. The third kappa shape index (κ3) is 3.40. The van der Waals surface area contributed by atoms with E-state index < -0.39 is 11.5 Å². The van der Waals surface area contributed by atoms with E-state index in [0.29, 0.717) is 0 Å². The fourth-order valence-electron chi connectivity index (χ4n) is 1.82. The number of rotatable bonds is 4. The van der Waals surface area contributed by atoms with Crippen molar-refractivity contribution in [1.82, 2.24) is 5.32 Å². The number of amides is 1. The molecule has 16 heavy (non-hydrogen) atoms. The van der Waals surface area contributed by atoms with Gasteiger partial charge in [-0.25, -0.2) is 0 Å². The summed E-state index contributed by atoms with van der Waals surface area (Å²) in [7, 11) is 0. The molecule has 1 fully saturated rings. The van der Waals surface area contributed by atoms with Gasteiger partial charge < -0.3 is 10.4 Å². The van der Waals surface area contributed by atoms with E-state index in [9.17, 15) is 9.59 Å². The first-order valence-corrected chi connectivity index (χ1v) is 6.42. The largest absolute Gasteiger partial charge is 0.481 e. The fourth-order valence-corrected chi connectivity index (χ4v) is 3.03. The molecule has 1 heterocycles. The second-order valence-corrected chi connectivity index (χ2v) is 6.69. The van der Waals surface area contributed by atoms with Gasteiger partial charge in [-0.1, -0.05) is 0 Å². The van der Waals surface area contributed by atoms with Crippen molar-refractivity contribution >= 4 is 23.6 Å². The van der Waals surface area contributed by atoms with Gasteiger partial charge in [-0.05, 0) is 39.4 Å². The Bertz CT molecular complexity index is 296. The Kier molecular flexibility index (Phi) is 3.88. The number of carbonyl (C=O) groups excluding carboxylic acids is 1. The molecule has 1 atom stereocenters. The lowest BCUT2D eigenvalue weighted by molar-refractivity contribution is -0.138. The Labute approximate surface area is 100 Å². The van der Waals surface area contributed by atoms with E-state index in [0.717, 1.165) is 18.6 Å². The van der Waals surface area contributed by atoms with Gasteiger partial charge >= 0.3 is 5.97 Å². The average molecular weight is 245 g/mol. The van der Waals surface area contributed by atoms with E-state index >= 15 is 0 Å². The standard InChI is InChI=1S/C11H19NO3S/c1-10(2,7-8(13)14)12-9(15)11(3)5-4-6-16-11/h4-7H2,1-3H3,(H,12,15)(H,13,14). The molecule has 0 aromatic rings. The Morgan fingerprint density at radius 1 is 1.50 bits per heavy atom. The highest BCUT2D eigenvalue weighted by atomic mass is 32.2. The zero-order valence-electron chi connectivity index (χ0n) is 10.0. The van der Waals surface area contributed by atoms with Crippen LogP contribution in [0.5, 0.6) is 0 Å². The van der Waals surface area contributed by atoms with Gasteiger partial charge in [0, 0.05) is 5.54 Å². The van der Waals surface area contributed by atoms with E-state index in [4.69, 9.17) is 5.11 Å². The number of nitrogens with one attached hydrogen (secondary N) is 1. The quantitative estimate of drug-likeness (QED) is 0.790. The van der Waals surface area contributed by atoms with E-state index in [1.165, 1.54) is 0 Å². The first kappa shape index (κ1) is 13.4. The first-order valence-electron chi connectivity index (χ1n) is 5.44. The van der Waals surface area contributed by atoms with Crippen LogP contribution in [-0.4, -0.2) is 33.0 Å². The molecule has 1 amide bonds. The zero-order valence-corrected chi connectivity index (χ0v) is 10.8. The summed E-state index contributed by atoms with van der Waals surface area (Å²) in [5, 5.41) is 11.6. The minimum Gasteiger partial charge on any atom is -0.481 e. The topological polar surface area (TPSA) is 66.4 Å². The highest BCUT2D eigenvalue weighted by Crippen LogP contribution is 2.38. The molecule has 2 N–H and O–H groups in total. The molecule has 1 aliphatic heterocycles. The maximum Gasteiger partial charge on any atom is 0.305 e. The minimum atomic E-state index is -0.894. The van der Waals surface area contributed by atoms with Gasteiger partial charge in [0.2, 0.25) is 5.91 Å². The van der Waals surface area contributed by atoms with Gasteiger partial charge in [0.1, 0.15) is 0 Å². The van der Waals surface area contributed by atoms with Gasteiger partial charge in [0.15, 0.2) is 0 Å². The van der Waals surface area contributed by atoms with Crippen molar-refractivity contribution in [3.63, 3.8) is 0 Å². The van der Waals surface area contributed by atoms with Crippen molar-refractivity contribution in [3.8, 4) is 0 Å². The van der Waals surface area contributed by atoms with Crippen molar-refractivity contribution in [2.45, 2.75) is 50.3 Å². The normalized spacial score (nSPS) is 25.4. The van der Waals surface area contributed by atoms with Crippen molar-refractivity contribution in [3.05, 3.63) is 0 Å². The minimum absolute atomic E-state index is 0.0405. The molecule has 0 aliphatic carbocycles. The predicted octanol–water partition coefficient (Wildman–Crippen LogP) is 1.64. The molecule has 0 aromatic heterocycles. The van der Waals surface area contributed by atoms with Crippen LogP contribution in [0.15, 0.2) is 0 Å². The van der Waals surface area contributed by atoms with Crippen LogP contribution in [0.3, 0.4) is 0 Å². The molecule has 1 rings (SSSR count). The van der Waals surface area contributed by atoms with Crippen LogP contribution in [0.2, 0.25) is 0 Å². The van der Waals surface area contributed by atoms with E-state index in [-0.39, 0.29) is 17.1 Å². The van der Waals surface area contributed by atoms with Crippen molar-refractivity contribution in [2.24, 2.45) is 0 Å². The Morgan fingerprint density at radius 2 is 2.12 bits per heavy atom. The van der Waals surface area contributed by atoms with E-state index in [1.54, 1.807) is 25.6 Å². The lowest BCUT2D eigenvalue weighted by Gasteiger charge is -2.30. The van der Waals surface area contributed by atoms with Crippen LogP contribution in [0.1, 0.15) is 40.0 Å². The van der Waals surface area contributed by atoms with Crippen LogP contribution >= 0.6 is 11.8 Å². The van der Waals surface area contributed by atoms with Crippen molar-refractivity contribution in [1.29, 1.82) is 0 Å². The average Bonchev–Trinajstić information content (AvgIpc) is 2.49. The smallest absolute Gasteiger partial charge is 0.305 e. The maximum absolute atomic E-state index is 12.0. The molecular formula is C11H19NO3S. The molecule has 4 nitrogen and oxygen atoms in total. The van der Waals surface area contributed by atoms with Gasteiger partial charge in [-0.15, -0.1) is 11.8 Å². The van der Waals surface area contributed by atoms with Crippen LogP contribution in [0, 0.1) is 0 Å². The van der Waals surface area contributed by atoms with Gasteiger partial charge in [0.05, 0.1) is 11.2 Å². The van der Waals surface area contributed by atoms with Crippen LogP contribution in [-0.2, 0) is 9.59 Å². The number of carbonyl (C=O) groups is 2. The Hall–Kier alpha value is -0.710. The van der Waals surface area contributed by atoms with E-state index in [1.807, 2.05) is 6.92 Å². The monoisotopic (exact) mass is 245 g/mol. The van der Waals surface area contributed by atoms with Crippen LogP contribution in [0.4, 0.5) is 0 Å². The Morgan fingerprint density at radius 3 is 2.56 bits per heavy atom. The molecule has 5 heteroatoms. The van der Waals surface area contributed by atoms with Gasteiger partial charge in [0.25, 0.3) is 0 Å². The van der Waals surface area contributed by atoms with Gasteiger partial charge in [-0.3, -0.25) is 9.59 Å². The molecule has 0 saturated carbocycles. The number of carboxylic acids is 1. The van der Waals surface area contributed by atoms with Crippen LogP contribution < -0.4 is 5.32 Å². The van der Waals surface area contributed by atoms with E-state index in [2.05, 4.69) is 5.32 Å². The molecule has 1 saturated heterocycles.